The molecule has 7 atom stereocenters. The zero-order valence-electron chi connectivity index (χ0n) is 38.8. The summed E-state index contributed by atoms with van der Waals surface area (Å²) in [6.07, 6.45) is 21.4. The number of rotatable bonds is 15. The van der Waals surface area contributed by atoms with E-state index in [4.69, 9.17) is 29.6 Å². The molecule has 57 heavy (non-hydrogen) atoms. The van der Waals surface area contributed by atoms with Crippen LogP contribution in [0.3, 0.4) is 0 Å². The first kappa shape index (κ1) is 46.1. The second-order valence-corrected chi connectivity index (χ2v) is 31.5. The summed E-state index contributed by atoms with van der Waals surface area (Å²) in [6.45, 7) is 35.4. The molecule has 0 unspecified atom stereocenters. The number of fused-ring (bicyclic) bond motifs is 1. The number of nitrogens with one attached hydrogen (secondary N) is 1. The molecule has 5 rings (SSSR count). The smallest absolute Gasteiger partial charge is 0.407 e. The molecular formula is C48H82N2O5Si2. The molecule has 9 heteroatoms. The van der Waals surface area contributed by atoms with E-state index in [1.807, 2.05) is 6.20 Å². The zero-order chi connectivity index (χ0) is 42.2. The number of aryl methyl sites for hydroxylation is 1. The number of allylic oxidation sites excluding steroid dienone is 3. The third-order valence-corrected chi connectivity index (χ3v) is 24.8. The Morgan fingerprint density at radius 1 is 1.05 bits per heavy atom. The predicted molar refractivity (Wildman–Crippen MR) is 240 cm³/mol. The zero-order valence-corrected chi connectivity index (χ0v) is 40.8. The van der Waals surface area contributed by atoms with Gasteiger partial charge in [-0.3, -0.25) is 0 Å². The van der Waals surface area contributed by atoms with Gasteiger partial charge in [0.2, 0.25) is 5.89 Å². The van der Waals surface area contributed by atoms with Crippen molar-refractivity contribution in [2.45, 2.75) is 206 Å². The second kappa shape index (κ2) is 17.6. The van der Waals surface area contributed by atoms with Crippen LogP contribution in [0.4, 0.5) is 4.79 Å². The van der Waals surface area contributed by atoms with E-state index >= 15 is 0 Å². The van der Waals surface area contributed by atoms with E-state index in [-0.39, 0.29) is 33.8 Å². The van der Waals surface area contributed by atoms with Gasteiger partial charge < -0.3 is 23.3 Å². The average molecular weight is 823 g/mol. The van der Waals surface area contributed by atoms with Crippen molar-refractivity contribution in [3.05, 3.63) is 53.3 Å². The van der Waals surface area contributed by atoms with Crippen molar-refractivity contribution in [2.75, 3.05) is 7.05 Å². The molecule has 4 aliphatic rings. The van der Waals surface area contributed by atoms with E-state index in [0.717, 1.165) is 49.9 Å². The highest BCUT2D eigenvalue weighted by molar-refractivity contribution is 6.74. The third kappa shape index (κ3) is 10.3. The number of aromatic nitrogens is 1. The van der Waals surface area contributed by atoms with Crippen molar-refractivity contribution in [1.82, 2.24) is 10.3 Å². The quantitative estimate of drug-likeness (QED) is 0.177. The Kier molecular flexibility index (Phi) is 14.2. The van der Waals surface area contributed by atoms with Gasteiger partial charge in [0.05, 0.1) is 12.3 Å². The summed E-state index contributed by atoms with van der Waals surface area (Å²) in [5, 5.41) is 2.72. The van der Waals surface area contributed by atoms with Crippen LogP contribution in [0.5, 0.6) is 0 Å². The normalized spacial score (nSPS) is 30.1. The molecule has 322 valence electrons. The molecule has 1 heterocycles. The number of nitrogens with zero attached hydrogens (tertiary/aromatic N) is 1. The fraction of sp³-hybridized carbons (Fsp3) is 0.792. The second-order valence-electron chi connectivity index (χ2n) is 22.0. The Hall–Kier alpha value is -1.95. The summed E-state index contributed by atoms with van der Waals surface area (Å²) in [5.41, 5.74) is 3.42. The van der Waals surface area contributed by atoms with Gasteiger partial charge >= 0.3 is 6.09 Å². The van der Waals surface area contributed by atoms with Gasteiger partial charge in [0, 0.05) is 26.3 Å². The summed E-state index contributed by atoms with van der Waals surface area (Å²) < 4.78 is 27.6. The molecule has 0 spiro atoms. The van der Waals surface area contributed by atoms with E-state index in [1.54, 1.807) is 12.6 Å². The molecule has 1 aromatic rings. The maximum Gasteiger partial charge on any atom is 0.407 e. The molecule has 0 saturated heterocycles. The summed E-state index contributed by atoms with van der Waals surface area (Å²) in [5.74, 6) is 4.03. The number of ether oxygens (including phenoxy) is 1. The van der Waals surface area contributed by atoms with Crippen LogP contribution in [0.15, 0.2) is 46.1 Å². The van der Waals surface area contributed by atoms with E-state index in [1.165, 1.54) is 44.1 Å². The van der Waals surface area contributed by atoms with Gasteiger partial charge in [-0.1, -0.05) is 93.0 Å². The molecular weight excluding hydrogens is 741 g/mol. The number of alkyl carbamates (subject to hydrolysis) is 1. The highest BCUT2D eigenvalue weighted by Crippen LogP contribution is 2.60. The SMILES string of the molecule is C=C1/C(=C\C=C2/CCC[C@]3(C)[C@@H]([C@H](C)CC[C@H](OC(=O)NC)C4CC4)CC[C@@H]23)C[C@](O[Si](C)(C)C(C)(C)C)(c2ncc(CCCC)o2)C[C@@H]1O[Si](C)(C)C(C)(C)C. The largest absolute Gasteiger partial charge is 0.446 e. The molecule has 1 amide bonds. The van der Waals surface area contributed by atoms with Crippen LogP contribution < -0.4 is 5.32 Å². The lowest BCUT2D eigenvalue weighted by molar-refractivity contribution is -0.0234. The first-order valence-corrected chi connectivity index (χ1v) is 28.6. The number of carbonyl (C=O) groups excluding carboxylic acids is 1. The number of hydrogen-bond donors (Lipinski definition) is 1. The molecule has 7 nitrogen and oxygen atoms in total. The molecule has 0 bridgehead atoms. The van der Waals surface area contributed by atoms with Crippen LogP contribution >= 0.6 is 0 Å². The lowest BCUT2D eigenvalue weighted by Crippen LogP contribution is -2.53. The van der Waals surface area contributed by atoms with Crippen molar-refractivity contribution in [2.24, 2.45) is 29.1 Å². The van der Waals surface area contributed by atoms with Crippen LogP contribution in [0.25, 0.3) is 0 Å². The molecule has 4 aliphatic carbocycles. The summed E-state index contributed by atoms with van der Waals surface area (Å²) in [6, 6.07) is 0. The van der Waals surface area contributed by atoms with E-state index in [0.29, 0.717) is 42.4 Å². The number of oxazole rings is 1. The summed E-state index contributed by atoms with van der Waals surface area (Å²) in [7, 11) is -2.85. The molecule has 4 saturated carbocycles. The van der Waals surface area contributed by atoms with Gasteiger partial charge in [0.15, 0.2) is 16.6 Å². The Bertz CT molecular complexity index is 1630. The van der Waals surface area contributed by atoms with Crippen molar-refractivity contribution >= 4 is 22.7 Å². The Morgan fingerprint density at radius 3 is 2.35 bits per heavy atom. The number of amides is 1. The Labute approximate surface area is 350 Å². The predicted octanol–water partition coefficient (Wildman–Crippen LogP) is 13.6. The first-order chi connectivity index (χ1) is 26.5. The van der Waals surface area contributed by atoms with Crippen LogP contribution in [0.2, 0.25) is 36.3 Å². The minimum absolute atomic E-state index is 0.00636. The Morgan fingerprint density at radius 2 is 1.74 bits per heavy atom. The topological polar surface area (TPSA) is 82.8 Å². The van der Waals surface area contributed by atoms with Gasteiger partial charge in [-0.2, -0.15) is 0 Å². The fourth-order valence-corrected chi connectivity index (χ4v) is 12.8. The van der Waals surface area contributed by atoms with Crippen LogP contribution in [0, 0.1) is 29.1 Å². The maximum absolute atomic E-state index is 12.1. The standard InChI is InChI=1S/C48H82N2O5Si2/c1-16-17-20-38-32-50-43(52-38)48(55-57(14,15)46(7,8)9)30-37(34(3)42(31-48)54-56(12,13)45(4,5)6)25-22-35-19-18-29-47(10)39(26-27-40(35)47)33(2)21-28-41(36-23-24-36)53-44(51)49-11/h22,25,32-33,36,39-42H,3,16-21,23-24,26-31H2,1-2,4-15H3,(H,49,51)/b35-22+,37-25-/t33-,39-,40+,41+,42+,47-,48-/m1/s1. The average Bonchev–Trinajstić information content (AvgIpc) is 3.73. The van der Waals surface area contributed by atoms with Gasteiger partial charge in [0.25, 0.3) is 0 Å². The lowest BCUT2D eigenvalue weighted by Gasteiger charge is -2.50. The Balaban J connectivity index is 1.48. The molecule has 0 aliphatic heterocycles. The minimum Gasteiger partial charge on any atom is -0.446 e. The summed E-state index contributed by atoms with van der Waals surface area (Å²) >= 11 is 0. The highest BCUT2D eigenvalue weighted by atomic mass is 28.4. The maximum atomic E-state index is 12.1. The van der Waals surface area contributed by atoms with Gasteiger partial charge in [-0.15, -0.1) is 0 Å². The highest BCUT2D eigenvalue weighted by Gasteiger charge is 2.54. The molecule has 4 fully saturated rings. The van der Waals surface area contributed by atoms with Crippen LogP contribution in [-0.2, 0) is 25.6 Å². The van der Waals surface area contributed by atoms with E-state index in [9.17, 15) is 4.79 Å². The lowest BCUT2D eigenvalue weighted by atomic mass is 9.60. The van der Waals surface area contributed by atoms with Crippen LogP contribution in [-0.4, -0.2) is 47.0 Å². The molecule has 1 N–H and O–H groups in total. The molecule has 0 aromatic carbocycles. The van der Waals surface area contributed by atoms with Crippen molar-refractivity contribution < 1.29 is 22.8 Å². The third-order valence-electron chi connectivity index (χ3n) is 15.8. The van der Waals surface area contributed by atoms with Crippen molar-refractivity contribution in [3.63, 3.8) is 0 Å². The first-order valence-electron chi connectivity index (χ1n) is 22.8. The van der Waals surface area contributed by atoms with Gasteiger partial charge in [-0.05, 0) is 141 Å². The number of hydrogen-bond acceptors (Lipinski definition) is 6. The van der Waals surface area contributed by atoms with Crippen LogP contribution in [0.1, 0.15) is 157 Å². The molecule has 0 radical (unpaired) electrons. The molecule has 1 aromatic heterocycles. The summed E-state index contributed by atoms with van der Waals surface area (Å²) in [4.78, 5) is 17.2. The number of carbonyl (C=O) groups is 1. The number of unbranched alkanes of at least 4 members (excludes halogenated alkanes) is 1. The van der Waals surface area contributed by atoms with E-state index < -0.39 is 22.2 Å². The van der Waals surface area contributed by atoms with Crippen molar-refractivity contribution in [1.29, 1.82) is 0 Å². The van der Waals surface area contributed by atoms with Gasteiger partial charge in [0.1, 0.15) is 17.5 Å². The van der Waals surface area contributed by atoms with Gasteiger partial charge in [-0.25, -0.2) is 9.78 Å². The minimum atomic E-state index is -2.31. The monoisotopic (exact) mass is 823 g/mol. The van der Waals surface area contributed by atoms with E-state index in [2.05, 4.69) is 106 Å². The fourth-order valence-electron chi connectivity index (χ4n) is 9.95. The van der Waals surface area contributed by atoms with Crippen molar-refractivity contribution in [3.8, 4) is 0 Å².